The molecule has 3 nitrogen and oxygen atoms in total. The molecule has 1 aromatic carbocycles. The number of hydrogen-bond acceptors (Lipinski definition) is 1. The minimum Gasteiger partial charge on any atom is -0.370 e. The van der Waals surface area contributed by atoms with E-state index in [4.69, 9.17) is 11.5 Å². The largest absolute Gasteiger partial charge is 0.370 e. The van der Waals surface area contributed by atoms with Gasteiger partial charge in [0.15, 0.2) is 5.96 Å². The fraction of sp³-hybridized carbons (Fsp3) is 0.222. The van der Waals surface area contributed by atoms with Crippen molar-refractivity contribution in [1.29, 1.82) is 0 Å². The van der Waals surface area contributed by atoms with Gasteiger partial charge in [-0.25, -0.2) is 9.38 Å². The predicted octanol–water partition coefficient (Wildman–Crippen LogP) is 1.35. The molecule has 0 atom stereocenters. The lowest BCUT2D eigenvalue weighted by Gasteiger charge is -2.03. The van der Waals surface area contributed by atoms with E-state index in [1.54, 1.807) is 6.92 Å². The van der Waals surface area contributed by atoms with Crippen LogP contribution < -0.4 is 11.5 Å². The van der Waals surface area contributed by atoms with Crippen LogP contribution in [0.1, 0.15) is 11.1 Å². The van der Waals surface area contributed by atoms with E-state index in [1.165, 1.54) is 6.07 Å². The number of aliphatic imine (C=N–C) groups is 1. The van der Waals surface area contributed by atoms with Crippen LogP contribution in [0.3, 0.4) is 0 Å². The molecule has 0 aromatic heterocycles. The van der Waals surface area contributed by atoms with E-state index in [-0.39, 0.29) is 11.6 Å². The maximum atomic E-state index is 13.3. The Morgan fingerprint density at radius 2 is 1.92 bits per heavy atom. The quantitative estimate of drug-likeness (QED) is 0.507. The second kappa shape index (κ2) is 3.43. The van der Waals surface area contributed by atoms with E-state index >= 15 is 0 Å². The van der Waals surface area contributed by atoms with Crippen molar-refractivity contribution in [2.75, 3.05) is 0 Å². The number of aryl methyl sites for hydroxylation is 2. The summed E-state index contributed by atoms with van der Waals surface area (Å²) in [6, 6.07) is 3.22. The summed E-state index contributed by atoms with van der Waals surface area (Å²) < 4.78 is 13.3. The molecule has 0 aliphatic carbocycles. The zero-order valence-corrected chi connectivity index (χ0v) is 7.63. The summed E-state index contributed by atoms with van der Waals surface area (Å²) in [7, 11) is 0. The van der Waals surface area contributed by atoms with Crippen molar-refractivity contribution in [1.82, 2.24) is 0 Å². The van der Waals surface area contributed by atoms with Gasteiger partial charge in [0.2, 0.25) is 0 Å². The number of nitrogens with zero attached hydrogens (tertiary/aromatic N) is 1. The minimum atomic E-state index is -0.397. The average Bonchev–Trinajstić information content (AvgIpc) is 1.96. The van der Waals surface area contributed by atoms with Crippen LogP contribution in [0.5, 0.6) is 0 Å². The summed E-state index contributed by atoms with van der Waals surface area (Å²) in [4.78, 5) is 3.70. The van der Waals surface area contributed by atoms with Gasteiger partial charge >= 0.3 is 0 Å². The van der Waals surface area contributed by atoms with E-state index in [9.17, 15) is 4.39 Å². The molecule has 0 saturated heterocycles. The molecule has 0 fully saturated rings. The molecule has 1 rings (SSSR count). The van der Waals surface area contributed by atoms with Crippen LogP contribution in [0.4, 0.5) is 10.1 Å². The SMILES string of the molecule is Cc1cc(C)c(N=C(N)N)c(F)c1. The Labute approximate surface area is 76.3 Å². The Kier molecular flexibility index (Phi) is 2.51. The lowest BCUT2D eigenvalue weighted by atomic mass is 10.1. The van der Waals surface area contributed by atoms with Crippen molar-refractivity contribution >= 4 is 11.6 Å². The predicted molar refractivity (Wildman–Crippen MR) is 51.3 cm³/mol. The standard InChI is InChI=1S/C9H12FN3/c1-5-3-6(2)8(7(10)4-5)13-9(11)12/h3-4H,1-2H3,(H4,11,12,13). The smallest absolute Gasteiger partial charge is 0.191 e. The normalized spacial score (nSPS) is 9.77. The zero-order chi connectivity index (χ0) is 10.0. The van der Waals surface area contributed by atoms with Gasteiger partial charge in [-0.05, 0) is 31.0 Å². The van der Waals surface area contributed by atoms with E-state index in [0.29, 0.717) is 0 Å². The molecule has 4 heteroatoms. The van der Waals surface area contributed by atoms with Crippen molar-refractivity contribution in [3.8, 4) is 0 Å². The summed E-state index contributed by atoms with van der Waals surface area (Å²) in [5, 5.41) is 0. The van der Waals surface area contributed by atoms with Crippen LogP contribution in [0.2, 0.25) is 0 Å². The van der Waals surface area contributed by atoms with Crippen LogP contribution in [-0.4, -0.2) is 5.96 Å². The molecular formula is C9H12FN3. The molecule has 0 spiro atoms. The van der Waals surface area contributed by atoms with Crippen LogP contribution in [0, 0.1) is 19.7 Å². The molecule has 0 amide bonds. The zero-order valence-electron chi connectivity index (χ0n) is 7.63. The molecule has 13 heavy (non-hydrogen) atoms. The highest BCUT2D eigenvalue weighted by molar-refractivity contribution is 5.79. The summed E-state index contributed by atoms with van der Waals surface area (Å²) in [6.45, 7) is 3.58. The van der Waals surface area contributed by atoms with E-state index in [1.807, 2.05) is 13.0 Å². The molecule has 70 valence electrons. The highest BCUT2D eigenvalue weighted by atomic mass is 19.1. The van der Waals surface area contributed by atoms with Crippen LogP contribution in [0.15, 0.2) is 17.1 Å². The molecule has 0 heterocycles. The number of nitrogens with two attached hydrogens (primary N) is 2. The summed E-state index contributed by atoms with van der Waals surface area (Å²) >= 11 is 0. The van der Waals surface area contributed by atoms with Crippen molar-refractivity contribution in [2.24, 2.45) is 16.5 Å². The fourth-order valence-electron chi connectivity index (χ4n) is 1.18. The third kappa shape index (κ3) is 2.18. The van der Waals surface area contributed by atoms with Gasteiger partial charge < -0.3 is 11.5 Å². The summed E-state index contributed by atoms with van der Waals surface area (Å²) in [5.41, 5.74) is 12.1. The Balaban J connectivity index is 3.29. The molecule has 0 aliphatic heterocycles. The van der Waals surface area contributed by atoms with Gasteiger partial charge in [0.1, 0.15) is 11.5 Å². The summed E-state index contributed by atoms with van der Waals surface area (Å²) in [5.74, 6) is -0.531. The third-order valence-corrected chi connectivity index (χ3v) is 1.64. The van der Waals surface area contributed by atoms with Crippen LogP contribution in [0.25, 0.3) is 0 Å². The minimum absolute atomic E-state index is 0.133. The molecule has 0 aliphatic rings. The van der Waals surface area contributed by atoms with Crippen molar-refractivity contribution in [3.05, 3.63) is 29.1 Å². The van der Waals surface area contributed by atoms with Gasteiger partial charge in [0.05, 0.1) is 0 Å². The molecule has 0 radical (unpaired) electrons. The first kappa shape index (κ1) is 9.51. The molecule has 4 N–H and O–H groups in total. The van der Waals surface area contributed by atoms with E-state index in [0.717, 1.165) is 11.1 Å². The Bertz CT molecular complexity index is 331. The second-order valence-electron chi connectivity index (χ2n) is 2.95. The lowest BCUT2D eigenvalue weighted by Crippen LogP contribution is -2.22. The first-order chi connectivity index (χ1) is 6.00. The third-order valence-electron chi connectivity index (χ3n) is 1.64. The number of guanidine groups is 1. The maximum absolute atomic E-state index is 13.3. The number of rotatable bonds is 1. The Morgan fingerprint density at radius 3 is 2.38 bits per heavy atom. The van der Waals surface area contributed by atoms with E-state index in [2.05, 4.69) is 4.99 Å². The summed E-state index contributed by atoms with van der Waals surface area (Å²) in [6.07, 6.45) is 0. The molecule has 0 saturated carbocycles. The topological polar surface area (TPSA) is 64.4 Å². The van der Waals surface area contributed by atoms with Gasteiger partial charge in [0.25, 0.3) is 0 Å². The van der Waals surface area contributed by atoms with Crippen LogP contribution >= 0.6 is 0 Å². The first-order valence-electron chi connectivity index (χ1n) is 3.87. The van der Waals surface area contributed by atoms with Gasteiger partial charge in [-0.2, -0.15) is 0 Å². The second-order valence-corrected chi connectivity index (χ2v) is 2.95. The highest BCUT2D eigenvalue weighted by Crippen LogP contribution is 2.23. The van der Waals surface area contributed by atoms with Gasteiger partial charge in [-0.1, -0.05) is 6.07 Å². The number of halogens is 1. The van der Waals surface area contributed by atoms with Crippen molar-refractivity contribution in [2.45, 2.75) is 13.8 Å². The maximum Gasteiger partial charge on any atom is 0.191 e. The van der Waals surface area contributed by atoms with Crippen molar-refractivity contribution in [3.63, 3.8) is 0 Å². The number of benzene rings is 1. The Hall–Kier alpha value is -1.58. The van der Waals surface area contributed by atoms with Gasteiger partial charge in [-0.3, -0.25) is 0 Å². The van der Waals surface area contributed by atoms with Crippen LogP contribution in [-0.2, 0) is 0 Å². The molecule has 0 bridgehead atoms. The Morgan fingerprint density at radius 1 is 1.31 bits per heavy atom. The van der Waals surface area contributed by atoms with E-state index < -0.39 is 5.82 Å². The molecule has 0 unspecified atom stereocenters. The fourth-order valence-corrected chi connectivity index (χ4v) is 1.18. The van der Waals surface area contributed by atoms with Gasteiger partial charge in [-0.15, -0.1) is 0 Å². The molecular weight excluding hydrogens is 169 g/mol. The first-order valence-corrected chi connectivity index (χ1v) is 3.87. The molecule has 1 aromatic rings. The van der Waals surface area contributed by atoms with Crippen molar-refractivity contribution < 1.29 is 4.39 Å². The lowest BCUT2D eigenvalue weighted by molar-refractivity contribution is 0.627. The average molecular weight is 181 g/mol. The monoisotopic (exact) mass is 181 g/mol. The number of hydrogen-bond donors (Lipinski definition) is 2. The highest BCUT2D eigenvalue weighted by Gasteiger charge is 2.05. The van der Waals surface area contributed by atoms with Gasteiger partial charge in [0, 0.05) is 0 Å².